The lowest BCUT2D eigenvalue weighted by Gasteiger charge is -2.23. The Hall–Kier alpha value is -0.900. The van der Waals surface area contributed by atoms with Crippen LogP contribution in [0.2, 0.25) is 0 Å². The van der Waals surface area contributed by atoms with Crippen LogP contribution in [-0.4, -0.2) is 31.0 Å². The van der Waals surface area contributed by atoms with Crippen LogP contribution in [0.5, 0.6) is 0 Å². The Labute approximate surface area is 128 Å². The number of hydrogen-bond acceptors (Lipinski definition) is 3. The van der Waals surface area contributed by atoms with E-state index in [0.29, 0.717) is 19.1 Å². The first-order valence-corrected chi connectivity index (χ1v) is 8.11. The summed E-state index contributed by atoms with van der Waals surface area (Å²) in [7, 11) is 0. The van der Waals surface area contributed by atoms with Crippen LogP contribution in [0.4, 0.5) is 0 Å². The zero-order chi connectivity index (χ0) is 15.1. The van der Waals surface area contributed by atoms with E-state index in [1.807, 2.05) is 12.1 Å². The van der Waals surface area contributed by atoms with Crippen molar-refractivity contribution in [2.45, 2.75) is 51.7 Å². The lowest BCUT2D eigenvalue weighted by molar-refractivity contribution is -0.0574. The molecule has 2 rings (SSSR count). The molecular formula is C18H28O3. The lowest BCUT2D eigenvalue weighted by atomic mass is 10.0. The van der Waals surface area contributed by atoms with E-state index in [1.54, 1.807) is 0 Å². The summed E-state index contributed by atoms with van der Waals surface area (Å²) < 4.78 is 11.2. The molecule has 0 amide bonds. The summed E-state index contributed by atoms with van der Waals surface area (Å²) in [6.07, 6.45) is 4.17. The monoisotopic (exact) mass is 292 g/mol. The SMILES string of the molecule is CC(C)Cc1ccc(C(O)COCC2CCCCO2)cc1. The first kappa shape index (κ1) is 16.5. The maximum absolute atomic E-state index is 10.2. The van der Waals surface area contributed by atoms with Gasteiger partial charge < -0.3 is 14.6 Å². The van der Waals surface area contributed by atoms with Crippen molar-refractivity contribution in [1.29, 1.82) is 0 Å². The molecule has 1 aromatic rings. The molecule has 0 radical (unpaired) electrons. The standard InChI is InChI=1S/C18H28O3/c1-14(2)11-15-6-8-16(9-7-15)18(19)13-20-12-17-5-3-4-10-21-17/h6-9,14,17-19H,3-5,10-13H2,1-2H3. The van der Waals surface area contributed by atoms with Crippen molar-refractivity contribution in [1.82, 2.24) is 0 Å². The highest BCUT2D eigenvalue weighted by atomic mass is 16.5. The summed E-state index contributed by atoms with van der Waals surface area (Å²) in [4.78, 5) is 0. The van der Waals surface area contributed by atoms with E-state index in [9.17, 15) is 5.11 Å². The molecule has 1 fully saturated rings. The Morgan fingerprint density at radius 3 is 2.62 bits per heavy atom. The van der Waals surface area contributed by atoms with Crippen molar-refractivity contribution in [2.75, 3.05) is 19.8 Å². The summed E-state index contributed by atoms with van der Waals surface area (Å²) in [6.45, 7) is 6.19. The first-order valence-electron chi connectivity index (χ1n) is 8.11. The minimum absolute atomic E-state index is 0.208. The maximum atomic E-state index is 10.2. The average molecular weight is 292 g/mol. The Bertz CT molecular complexity index is 393. The fourth-order valence-corrected chi connectivity index (χ4v) is 2.69. The van der Waals surface area contributed by atoms with Crippen molar-refractivity contribution in [3.05, 3.63) is 35.4 Å². The molecule has 1 aliphatic rings. The van der Waals surface area contributed by atoms with Gasteiger partial charge in [0.15, 0.2) is 0 Å². The molecule has 1 saturated heterocycles. The maximum Gasteiger partial charge on any atom is 0.102 e. The van der Waals surface area contributed by atoms with Crippen molar-refractivity contribution >= 4 is 0 Å². The van der Waals surface area contributed by atoms with Gasteiger partial charge >= 0.3 is 0 Å². The molecule has 2 atom stereocenters. The Morgan fingerprint density at radius 1 is 1.24 bits per heavy atom. The van der Waals surface area contributed by atoms with Crippen LogP contribution in [-0.2, 0) is 15.9 Å². The first-order chi connectivity index (χ1) is 10.1. The molecule has 3 nitrogen and oxygen atoms in total. The molecule has 0 spiro atoms. The van der Waals surface area contributed by atoms with Crippen molar-refractivity contribution in [3.63, 3.8) is 0 Å². The second-order valence-corrected chi connectivity index (χ2v) is 6.38. The molecule has 1 N–H and O–H groups in total. The van der Waals surface area contributed by atoms with Crippen LogP contribution in [0.25, 0.3) is 0 Å². The molecule has 2 unspecified atom stereocenters. The van der Waals surface area contributed by atoms with Crippen molar-refractivity contribution in [3.8, 4) is 0 Å². The molecule has 0 aliphatic carbocycles. The van der Waals surface area contributed by atoms with Gasteiger partial charge in [-0.1, -0.05) is 38.1 Å². The van der Waals surface area contributed by atoms with Crippen LogP contribution in [0.15, 0.2) is 24.3 Å². The van der Waals surface area contributed by atoms with Crippen LogP contribution in [0.1, 0.15) is 50.3 Å². The summed E-state index contributed by atoms with van der Waals surface area (Å²) >= 11 is 0. The van der Waals surface area contributed by atoms with Gasteiger partial charge in [-0.15, -0.1) is 0 Å². The molecule has 0 bridgehead atoms. The van der Waals surface area contributed by atoms with Gasteiger partial charge in [-0.25, -0.2) is 0 Å². The predicted octanol–water partition coefficient (Wildman–Crippen LogP) is 3.50. The van der Waals surface area contributed by atoms with E-state index < -0.39 is 6.10 Å². The van der Waals surface area contributed by atoms with Crippen LogP contribution in [0.3, 0.4) is 0 Å². The smallest absolute Gasteiger partial charge is 0.102 e. The average Bonchev–Trinajstić information content (AvgIpc) is 2.48. The number of aliphatic hydroxyl groups excluding tert-OH is 1. The number of benzene rings is 1. The molecule has 21 heavy (non-hydrogen) atoms. The lowest BCUT2D eigenvalue weighted by Crippen LogP contribution is -2.25. The minimum Gasteiger partial charge on any atom is -0.386 e. The van der Waals surface area contributed by atoms with Crippen molar-refractivity contribution < 1.29 is 14.6 Å². The minimum atomic E-state index is -0.554. The van der Waals surface area contributed by atoms with E-state index in [0.717, 1.165) is 31.4 Å². The predicted molar refractivity (Wildman–Crippen MR) is 84.4 cm³/mol. The van der Waals surface area contributed by atoms with Gasteiger partial charge in [-0.05, 0) is 42.7 Å². The van der Waals surface area contributed by atoms with E-state index >= 15 is 0 Å². The quantitative estimate of drug-likeness (QED) is 0.836. The summed E-state index contributed by atoms with van der Waals surface area (Å²) in [5.41, 5.74) is 2.24. The second kappa shape index (κ2) is 8.52. The van der Waals surface area contributed by atoms with Crippen LogP contribution in [0, 0.1) is 5.92 Å². The van der Waals surface area contributed by atoms with Gasteiger partial charge in [0.25, 0.3) is 0 Å². The molecule has 118 valence electrons. The fourth-order valence-electron chi connectivity index (χ4n) is 2.69. The molecular weight excluding hydrogens is 264 g/mol. The third-order valence-electron chi connectivity index (χ3n) is 3.86. The van der Waals surface area contributed by atoms with Gasteiger partial charge in [-0.3, -0.25) is 0 Å². The normalized spacial score (nSPS) is 20.7. The van der Waals surface area contributed by atoms with Gasteiger partial charge in [0.1, 0.15) is 6.10 Å². The number of hydrogen-bond donors (Lipinski definition) is 1. The third-order valence-corrected chi connectivity index (χ3v) is 3.86. The highest BCUT2D eigenvalue weighted by Crippen LogP contribution is 2.17. The second-order valence-electron chi connectivity index (χ2n) is 6.38. The number of ether oxygens (including phenoxy) is 2. The van der Waals surface area contributed by atoms with Gasteiger partial charge in [0, 0.05) is 6.61 Å². The Balaban J connectivity index is 1.73. The Morgan fingerprint density at radius 2 is 2.00 bits per heavy atom. The van der Waals surface area contributed by atoms with Gasteiger partial charge in [0.2, 0.25) is 0 Å². The highest BCUT2D eigenvalue weighted by molar-refractivity contribution is 5.24. The number of rotatable bonds is 7. The fraction of sp³-hybridized carbons (Fsp3) is 0.667. The van der Waals surface area contributed by atoms with E-state index in [2.05, 4.69) is 26.0 Å². The summed E-state index contributed by atoms with van der Waals surface area (Å²) in [5, 5.41) is 10.2. The summed E-state index contributed by atoms with van der Waals surface area (Å²) in [5.74, 6) is 0.652. The van der Waals surface area contributed by atoms with E-state index in [1.165, 1.54) is 12.0 Å². The number of aliphatic hydroxyl groups is 1. The zero-order valence-electron chi connectivity index (χ0n) is 13.3. The molecule has 1 aromatic carbocycles. The molecule has 3 heteroatoms. The van der Waals surface area contributed by atoms with E-state index in [-0.39, 0.29) is 6.10 Å². The highest BCUT2D eigenvalue weighted by Gasteiger charge is 2.15. The Kier molecular flexibility index (Phi) is 6.68. The zero-order valence-corrected chi connectivity index (χ0v) is 13.3. The van der Waals surface area contributed by atoms with Crippen LogP contribution < -0.4 is 0 Å². The molecule has 1 heterocycles. The van der Waals surface area contributed by atoms with Crippen molar-refractivity contribution in [2.24, 2.45) is 5.92 Å². The van der Waals surface area contributed by atoms with Gasteiger partial charge in [-0.2, -0.15) is 0 Å². The third kappa shape index (κ3) is 5.77. The van der Waals surface area contributed by atoms with Crippen LogP contribution >= 0.6 is 0 Å². The van der Waals surface area contributed by atoms with Gasteiger partial charge in [0.05, 0.1) is 19.3 Å². The largest absolute Gasteiger partial charge is 0.386 e. The summed E-state index contributed by atoms with van der Waals surface area (Å²) in [6, 6.07) is 8.21. The molecule has 0 aromatic heterocycles. The molecule has 0 saturated carbocycles. The van der Waals surface area contributed by atoms with E-state index in [4.69, 9.17) is 9.47 Å². The topological polar surface area (TPSA) is 38.7 Å². The molecule has 1 aliphatic heterocycles.